The number of halogens is 2. The molecule has 0 radical (unpaired) electrons. The summed E-state index contributed by atoms with van der Waals surface area (Å²) in [5, 5.41) is 0.797. The SMILES string of the molecule is Cc1nc(N2C(=O)c3oc4ccc(Br)cc4c(=O)c3[C@@H]2c2cccc(F)c2)sc1C. The van der Waals surface area contributed by atoms with Crippen LogP contribution in [0.15, 0.2) is 56.1 Å². The molecule has 0 aliphatic carbocycles. The van der Waals surface area contributed by atoms with Crippen LogP contribution in [0.4, 0.5) is 9.52 Å². The van der Waals surface area contributed by atoms with Crippen molar-refractivity contribution in [2.45, 2.75) is 19.9 Å². The smallest absolute Gasteiger partial charge is 0.297 e. The molecule has 0 N–H and O–H groups in total. The predicted molar refractivity (Wildman–Crippen MR) is 117 cm³/mol. The summed E-state index contributed by atoms with van der Waals surface area (Å²) >= 11 is 4.72. The molecule has 0 fully saturated rings. The fourth-order valence-electron chi connectivity index (χ4n) is 3.69. The number of amides is 1. The zero-order valence-corrected chi connectivity index (χ0v) is 18.3. The Bertz CT molecular complexity index is 1390. The molecule has 30 heavy (non-hydrogen) atoms. The minimum Gasteiger partial charge on any atom is -0.450 e. The first-order valence-electron chi connectivity index (χ1n) is 9.14. The monoisotopic (exact) mass is 484 g/mol. The number of hydrogen-bond acceptors (Lipinski definition) is 5. The van der Waals surface area contributed by atoms with Gasteiger partial charge in [0.2, 0.25) is 5.76 Å². The number of carbonyl (C=O) groups is 1. The zero-order valence-electron chi connectivity index (χ0n) is 15.9. The summed E-state index contributed by atoms with van der Waals surface area (Å²) < 4.78 is 20.7. The maximum absolute atomic E-state index is 14.1. The minimum atomic E-state index is -0.826. The van der Waals surface area contributed by atoms with Crippen LogP contribution in [0.1, 0.15) is 38.3 Å². The van der Waals surface area contributed by atoms with E-state index in [0.717, 1.165) is 15.0 Å². The van der Waals surface area contributed by atoms with Crippen molar-refractivity contribution in [2.24, 2.45) is 0 Å². The molecule has 8 heteroatoms. The molecular formula is C22H14BrFN2O3S. The van der Waals surface area contributed by atoms with E-state index in [2.05, 4.69) is 20.9 Å². The Morgan fingerprint density at radius 3 is 2.67 bits per heavy atom. The third-order valence-corrected chi connectivity index (χ3v) is 6.79. The number of rotatable bonds is 2. The highest BCUT2D eigenvalue weighted by molar-refractivity contribution is 9.10. The van der Waals surface area contributed by atoms with Crippen LogP contribution >= 0.6 is 27.3 Å². The molecule has 0 spiro atoms. The topological polar surface area (TPSA) is 63.4 Å². The molecule has 5 nitrogen and oxygen atoms in total. The van der Waals surface area contributed by atoms with Crippen LogP contribution in [0.2, 0.25) is 0 Å². The summed E-state index contributed by atoms with van der Waals surface area (Å²) in [6, 6.07) is 10.1. The average molecular weight is 485 g/mol. The molecule has 1 aliphatic heterocycles. The molecule has 150 valence electrons. The van der Waals surface area contributed by atoms with Crippen molar-refractivity contribution in [3.8, 4) is 0 Å². The highest BCUT2D eigenvalue weighted by Crippen LogP contribution is 2.43. The molecule has 2 aromatic carbocycles. The number of aryl methyl sites for hydroxylation is 2. The van der Waals surface area contributed by atoms with E-state index < -0.39 is 17.8 Å². The molecule has 0 saturated heterocycles. The van der Waals surface area contributed by atoms with Gasteiger partial charge in [-0.15, -0.1) is 11.3 Å². The average Bonchev–Trinajstić information content (AvgIpc) is 3.19. The largest absolute Gasteiger partial charge is 0.450 e. The van der Waals surface area contributed by atoms with Gasteiger partial charge in [-0.1, -0.05) is 28.1 Å². The summed E-state index contributed by atoms with van der Waals surface area (Å²) in [5.41, 5.74) is 1.48. The third-order valence-electron chi connectivity index (χ3n) is 5.22. The molecule has 1 amide bonds. The number of nitrogens with zero attached hydrogens (tertiary/aromatic N) is 2. The van der Waals surface area contributed by atoms with Gasteiger partial charge in [-0.3, -0.25) is 14.5 Å². The lowest BCUT2D eigenvalue weighted by atomic mass is 9.98. The van der Waals surface area contributed by atoms with Crippen molar-refractivity contribution >= 4 is 49.3 Å². The van der Waals surface area contributed by atoms with E-state index in [1.165, 1.54) is 28.4 Å². The van der Waals surface area contributed by atoms with Gasteiger partial charge in [0.1, 0.15) is 11.4 Å². The quantitative estimate of drug-likeness (QED) is 0.375. The molecule has 0 unspecified atom stereocenters. The fraction of sp³-hybridized carbons (Fsp3) is 0.136. The number of aromatic nitrogens is 1. The third kappa shape index (κ3) is 2.82. The lowest BCUT2D eigenvalue weighted by Gasteiger charge is -2.22. The summed E-state index contributed by atoms with van der Waals surface area (Å²) in [5.74, 6) is -0.947. The molecule has 0 saturated carbocycles. The molecule has 0 bridgehead atoms. The first kappa shape index (κ1) is 19.1. The molecule has 1 atom stereocenters. The van der Waals surface area contributed by atoms with Crippen LogP contribution in [0, 0.1) is 19.7 Å². The summed E-state index contributed by atoms with van der Waals surface area (Å²) in [6.45, 7) is 3.77. The van der Waals surface area contributed by atoms with Gasteiger partial charge in [0.25, 0.3) is 5.91 Å². The van der Waals surface area contributed by atoms with E-state index in [4.69, 9.17) is 4.42 Å². The van der Waals surface area contributed by atoms with Gasteiger partial charge in [-0.25, -0.2) is 9.37 Å². The van der Waals surface area contributed by atoms with Gasteiger partial charge in [-0.05, 0) is 49.7 Å². The van der Waals surface area contributed by atoms with E-state index in [1.54, 1.807) is 30.3 Å². The summed E-state index contributed by atoms with van der Waals surface area (Å²) in [7, 11) is 0. The Balaban J connectivity index is 1.84. The van der Waals surface area contributed by atoms with Gasteiger partial charge >= 0.3 is 0 Å². The standard InChI is InChI=1S/C22H14BrFN2O3S/c1-10-11(2)30-22(25-10)26-18(12-4-3-5-14(24)8-12)17-19(27)15-9-13(23)6-7-16(15)29-20(17)21(26)28/h3-9,18H,1-2H3/t18-/m0/s1. The van der Waals surface area contributed by atoms with Gasteiger partial charge in [0, 0.05) is 9.35 Å². The Morgan fingerprint density at radius 1 is 1.17 bits per heavy atom. The number of hydrogen-bond donors (Lipinski definition) is 0. The second-order valence-electron chi connectivity index (χ2n) is 7.09. The van der Waals surface area contributed by atoms with Crippen LogP contribution in [0.25, 0.3) is 11.0 Å². The highest BCUT2D eigenvalue weighted by Gasteiger charge is 2.45. The second-order valence-corrected chi connectivity index (χ2v) is 9.18. The predicted octanol–water partition coefficient (Wildman–Crippen LogP) is 5.52. The number of thiazole rings is 1. The van der Waals surface area contributed by atoms with Crippen molar-refractivity contribution in [2.75, 3.05) is 4.90 Å². The van der Waals surface area contributed by atoms with Gasteiger partial charge in [0.15, 0.2) is 10.6 Å². The number of anilines is 1. The van der Waals surface area contributed by atoms with Gasteiger partial charge in [-0.2, -0.15) is 0 Å². The molecule has 1 aliphatic rings. The fourth-order valence-corrected chi connectivity index (χ4v) is 4.99. The minimum absolute atomic E-state index is 0.0328. The number of fused-ring (bicyclic) bond motifs is 2. The molecular weight excluding hydrogens is 471 g/mol. The van der Waals surface area contributed by atoms with Crippen LogP contribution in [0.5, 0.6) is 0 Å². The van der Waals surface area contributed by atoms with E-state index >= 15 is 0 Å². The lowest BCUT2D eigenvalue weighted by molar-refractivity contribution is 0.0971. The molecule has 4 aromatic rings. The highest BCUT2D eigenvalue weighted by atomic mass is 79.9. The van der Waals surface area contributed by atoms with Gasteiger partial charge < -0.3 is 4.42 Å². The van der Waals surface area contributed by atoms with Crippen LogP contribution in [-0.4, -0.2) is 10.9 Å². The summed E-state index contributed by atoms with van der Waals surface area (Å²) in [4.78, 5) is 33.8. The first-order valence-corrected chi connectivity index (χ1v) is 10.8. The van der Waals surface area contributed by atoms with E-state index in [0.29, 0.717) is 21.7 Å². The summed E-state index contributed by atoms with van der Waals surface area (Å²) in [6.07, 6.45) is 0. The second kappa shape index (κ2) is 6.85. The van der Waals surface area contributed by atoms with Crippen molar-refractivity contribution in [3.63, 3.8) is 0 Å². The van der Waals surface area contributed by atoms with Crippen LogP contribution in [-0.2, 0) is 0 Å². The van der Waals surface area contributed by atoms with E-state index in [-0.39, 0.29) is 16.8 Å². The van der Waals surface area contributed by atoms with Crippen molar-refractivity contribution in [1.29, 1.82) is 0 Å². The molecule has 3 heterocycles. The molecule has 5 rings (SSSR count). The Morgan fingerprint density at radius 2 is 1.97 bits per heavy atom. The lowest BCUT2D eigenvalue weighted by Crippen LogP contribution is -2.29. The maximum atomic E-state index is 14.1. The number of benzene rings is 2. The van der Waals surface area contributed by atoms with E-state index in [1.807, 2.05) is 13.8 Å². The molecule has 2 aromatic heterocycles. The van der Waals surface area contributed by atoms with Crippen molar-refractivity contribution < 1.29 is 13.6 Å². The van der Waals surface area contributed by atoms with E-state index in [9.17, 15) is 14.0 Å². The van der Waals surface area contributed by atoms with Crippen molar-refractivity contribution in [1.82, 2.24) is 4.98 Å². The van der Waals surface area contributed by atoms with Crippen molar-refractivity contribution in [3.05, 3.63) is 90.4 Å². The number of carbonyl (C=O) groups excluding carboxylic acids is 1. The van der Waals surface area contributed by atoms with Crippen LogP contribution in [0.3, 0.4) is 0 Å². The maximum Gasteiger partial charge on any atom is 0.297 e. The Labute approximate surface area is 182 Å². The Hall–Kier alpha value is -2.84. The van der Waals surface area contributed by atoms with Gasteiger partial charge in [0.05, 0.1) is 22.7 Å². The van der Waals surface area contributed by atoms with Crippen LogP contribution < -0.4 is 10.3 Å². The zero-order chi connectivity index (χ0) is 21.2. The Kier molecular flexibility index (Phi) is 4.37. The first-order chi connectivity index (χ1) is 14.3. The normalized spacial score (nSPS) is 15.8.